The molecule has 3 rings (SSSR count). The Labute approximate surface area is 140 Å². The molecule has 0 bridgehead atoms. The van der Waals surface area contributed by atoms with Gasteiger partial charge in [0.15, 0.2) is 0 Å². The highest BCUT2D eigenvalue weighted by atomic mass is 19.4. The van der Waals surface area contributed by atoms with Gasteiger partial charge in [0, 0.05) is 0 Å². The number of nitrogens with one attached hydrogen (secondary N) is 1. The highest BCUT2D eigenvalue weighted by molar-refractivity contribution is 6.08. The zero-order valence-corrected chi connectivity index (χ0v) is 12.7. The highest BCUT2D eigenvalue weighted by Gasteiger charge is 2.68. The summed E-state index contributed by atoms with van der Waals surface area (Å²) >= 11 is 0. The molecule has 1 N–H and O–H groups in total. The van der Waals surface area contributed by atoms with E-state index in [0.717, 1.165) is 24.3 Å². The van der Waals surface area contributed by atoms with Crippen LogP contribution in [-0.4, -0.2) is 23.0 Å². The van der Waals surface area contributed by atoms with Gasteiger partial charge in [-0.15, -0.1) is 0 Å². The summed E-state index contributed by atoms with van der Waals surface area (Å²) in [5.74, 6) is -2.06. The van der Waals surface area contributed by atoms with Crippen LogP contribution in [0.2, 0.25) is 0 Å². The van der Waals surface area contributed by atoms with E-state index in [9.17, 15) is 27.2 Å². The normalized spacial score (nSPS) is 20.7. The average Bonchev–Trinajstić information content (AvgIpc) is 2.81. The predicted molar refractivity (Wildman–Crippen MR) is 79.7 cm³/mol. The lowest BCUT2D eigenvalue weighted by Crippen LogP contribution is -2.55. The molecular formula is C17H12F4N2O2. The first-order chi connectivity index (χ1) is 11.8. The Morgan fingerprint density at radius 3 is 2.28 bits per heavy atom. The van der Waals surface area contributed by atoms with E-state index < -0.39 is 36.0 Å². The molecule has 25 heavy (non-hydrogen) atoms. The molecule has 130 valence electrons. The van der Waals surface area contributed by atoms with Gasteiger partial charge in [0.05, 0.1) is 6.54 Å². The van der Waals surface area contributed by atoms with Gasteiger partial charge >= 0.3 is 12.2 Å². The minimum Gasteiger partial charge on any atom is -0.312 e. The molecule has 1 fully saturated rings. The van der Waals surface area contributed by atoms with E-state index in [2.05, 4.69) is 0 Å². The van der Waals surface area contributed by atoms with Crippen LogP contribution in [0.5, 0.6) is 0 Å². The molecule has 8 heteroatoms. The molecule has 0 saturated carbocycles. The van der Waals surface area contributed by atoms with Crippen molar-refractivity contribution in [2.24, 2.45) is 0 Å². The third-order valence-electron chi connectivity index (χ3n) is 3.97. The Balaban J connectivity index is 2.03. The molecule has 1 atom stereocenters. The van der Waals surface area contributed by atoms with Gasteiger partial charge in [-0.2, -0.15) is 13.2 Å². The molecule has 0 radical (unpaired) electrons. The molecule has 1 heterocycles. The van der Waals surface area contributed by atoms with E-state index in [1.807, 2.05) is 0 Å². The van der Waals surface area contributed by atoms with Crippen molar-refractivity contribution in [3.8, 4) is 0 Å². The summed E-state index contributed by atoms with van der Waals surface area (Å²) in [5.41, 5.74) is -3.34. The molecule has 4 nitrogen and oxygen atoms in total. The number of nitrogens with zero attached hydrogens (tertiary/aromatic N) is 1. The van der Waals surface area contributed by atoms with Gasteiger partial charge in [-0.25, -0.2) is 9.18 Å². The average molecular weight is 352 g/mol. The number of amides is 3. The molecule has 0 spiro atoms. The largest absolute Gasteiger partial charge is 0.425 e. The van der Waals surface area contributed by atoms with Crippen LogP contribution < -0.4 is 5.32 Å². The zero-order valence-electron chi connectivity index (χ0n) is 12.7. The van der Waals surface area contributed by atoms with Crippen LogP contribution in [0.4, 0.5) is 22.4 Å². The summed E-state index contributed by atoms with van der Waals surface area (Å²) in [5, 5.41) is 1.78. The van der Waals surface area contributed by atoms with Crippen LogP contribution >= 0.6 is 0 Å². The second kappa shape index (κ2) is 5.87. The molecule has 3 amide bonds. The lowest BCUT2D eigenvalue weighted by Gasteiger charge is -2.29. The Morgan fingerprint density at radius 2 is 1.68 bits per heavy atom. The van der Waals surface area contributed by atoms with E-state index in [4.69, 9.17) is 0 Å². The van der Waals surface area contributed by atoms with E-state index >= 15 is 0 Å². The predicted octanol–water partition coefficient (Wildman–Crippen LogP) is 3.34. The van der Waals surface area contributed by atoms with Gasteiger partial charge in [-0.1, -0.05) is 42.5 Å². The molecular weight excluding hydrogens is 340 g/mol. The van der Waals surface area contributed by atoms with Crippen molar-refractivity contribution in [2.75, 3.05) is 0 Å². The standard InChI is InChI=1S/C17H12F4N2O2/c18-13-8-4-5-11(9-13)10-23-14(24)16(17(19,20)21,22-15(23)25)12-6-2-1-3-7-12/h1-9H,10H2,(H,22,25). The van der Waals surface area contributed by atoms with Crippen LogP contribution in [0, 0.1) is 5.82 Å². The Kier molecular flexibility index (Phi) is 3.98. The van der Waals surface area contributed by atoms with Crippen molar-refractivity contribution in [2.45, 2.75) is 18.3 Å². The first-order valence-electron chi connectivity index (χ1n) is 7.26. The maximum absolute atomic E-state index is 13.8. The van der Waals surface area contributed by atoms with E-state index in [0.29, 0.717) is 4.90 Å². The summed E-state index contributed by atoms with van der Waals surface area (Å²) in [4.78, 5) is 25.2. The van der Waals surface area contributed by atoms with Crippen LogP contribution in [0.15, 0.2) is 54.6 Å². The molecule has 2 aromatic carbocycles. The number of benzene rings is 2. The molecule has 0 aromatic heterocycles. The Hall–Kier alpha value is -2.90. The number of imide groups is 1. The van der Waals surface area contributed by atoms with Crippen LogP contribution in [0.25, 0.3) is 0 Å². The highest BCUT2D eigenvalue weighted by Crippen LogP contribution is 2.43. The fourth-order valence-electron chi connectivity index (χ4n) is 2.78. The third-order valence-corrected chi connectivity index (χ3v) is 3.97. The van der Waals surface area contributed by atoms with Crippen molar-refractivity contribution in [1.82, 2.24) is 10.2 Å². The van der Waals surface area contributed by atoms with Gasteiger partial charge in [-0.3, -0.25) is 9.69 Å². The number of carbonyl (C=O) groups is 2. The second-order valence-electron chi connectivity index (χ2n) is 5.57. The monoisotopic (exact) mass is 352 g/mol. The summed E-state index contributed by atoms with van der Waals surface area (Å²) in [6, 6.07) is 10.2. The van der Waals surface area contributed by atoms with Crippen molar-refractivity contribution >= 4 is 11.9 Å². The zero-order chi connectivity index (χ0) is 18.2. The van der Waals surface area contributed by atoms with Gasteiger partial charge in [0.1, 0.15) is 5.82 Å². The van der Waals surface area contributed by atoms with E-state index in [-0.39, 0.29) is 11.1 Å². The number of rotatable bonds is 3. The smallest absolute Gasteiger partial charge is 0.312 e. The van der Waals surface area contributed by atoms with Crippen LogP contribution in [-0.2, 0) is 16.9 Å². The molecule has 1 aliphatic rings. The van der Waals surface area contributed by atoms with Gasteiger partial charge in [0.25, 0.3) is 5.91 Å². The van der Waals surface area contributed by atoms with Crippen molar-refractivity contribution in [3.63, 3.8) is 0 Å². The molecule has 1 unspecified atom stereocenters. The SMILES string of the molecule is O=C1NC(c2ccccc2)(C(F)(F)F)C(=O)N1Cc1cccc(F)c1. The van der Waals surface area contributed by atoms with Crippen molar-refractivity contribution in [1.29, 1.82) is 0 Å². The van der Waals surface area contributed by atoms with Gasteiger partial charge in [-0.05, 0) is 23.3 Å². The van der Waals surface area contributed by atoms with Gasteiger partial charge < -0.3 is 5.32 Å². The summed E-state index contributed by atoms with van der Waals surface area (Å²) in [6.45, 7) is -0.465. The number of urea groups is 1. The summed E-state index contributed by atoms with van der Waals surface area (Å²) in [7, 11) is 0. The minimum atomic E-state index is -5.04. The van der Waals surface area contributed by atoms with Crippen LogP contribution in [0.1, 0.15) is 11.1 Å². The summed E-state index contributed by atoms with van der Waals surface area (Å²) in [6.07, 6.45) is -5.04. The first kappa shape index (κ1) is 16.9. The number of hydrogen-bond acceptors (Lipinski definition) is 2. The maximum atomic E-state index is 13.8. The van der Waals surface area contributed by atoms with Crippen molar-refractivity contribution < 1.29 is 27.2 Å². The van der Waals surface area contributed by atoms with Gasteiger partial charge in [0.2, 0.25) is 5.54 Å². The number of hydrogen-bond donors (Lipinski definition) is 1. The number of halogens is 4. The fourth-order valence-corrected chi connectivity index (χ4v) is 2.78. The maximum Gasteiger partial charge on any atom is 0.425 e. The molecule has 1 aliphatic heterocycles. The van der Waals surface area contributed by atoms with E-state index in [1.54, 1.807) is 5.32 Å². The van der Waals surface area contributed by atoms with Crippen molar-refractivity contribution in [3.05, 3.63) is 71.5 Å². The molecule has 2 aromatic rings. The topological polar surface area (TPSA) is 49.4 Å². The first-order valence-corrected chi connectivity index (χ1v) is 7.26. The lowest BCUT2D eigenvalue weighted by atomic mass is 9.89. The third kappa shape index (κ3) is 2.73. The minimum absolute atomic E-state index is 0.203. The molecule has 1 saturated heterocycles. The number of alkyl halides is 3. The second-order valence-corrected chi connectivity index (χ2v) is 5.57. The quantitative estimate of drug-likeness (QED) is 0.680. The summed E-state index contributed by atoms with van der Waals surface area (Å²) < 4.78 is 54.6. The van der Waals surface area contributed by atoms with Crippen LogP contribution in [0.3, 0.4) is 0 Å². The Morgan fingerprint density at radius 1 is 1.00 bits per heavy atom. The lowest BCUT2D eigenvalue weighted by molar-refractivity contribution is -0.198. The number of carbonyl (C=O) groups excluding carboxylic acids is 2. The fraction of sp³-hybridized carbons (Fsp3) is 0.176. The molecule has 0 aliphatic carbocycles. The Bertz CT molecular complexity index is 823. The van der Waals surface area contributed by atoms with E-state index in [1.165, 1.54) is 30.3 Å².